The van der Waals surface area contributed by atoms with Gasteiger partial charge in [0, 0.05) is 25.9 Å². The zero-order valence-corrected chi connectivity index (χ0v) is 16.8. The Hall–Kier alpha value is -2.77. The van der Waals surface area contributed by atoms with Crippen LogP contribution in [0.3, 0.4) is 0 Å². The number of thiocarbonyl (C=S) groups is 1. The Morgan fingerprint density at radius 1 is 1.17 bits per heavy atom. The van der Waals surface area contributed by atoms with Gasteiger partial charge in [-0.25, -0.2) is 4.79 Å². The van der Waals surface area contributed by atoms with Crippen molar-refractivity contribution >= 4 is 45.4 Å². The number of amides is 3. The summed E-state index contributed by atoms with van der Waals surface area (Å²) in [5, 5.41) is 5.40. The van der Waals surface area contributed by atoms with Gasteiger partial charge in [0.25, 0.3) is 27.1 Å². The number of nitrogens with one attached hydrogen (secondary N) is 2. The molecule has 158 valence electrons. The Balaban J connectivity index is 1.75. The summed E-state index contributed by atoms with van der Waals surface area (Å²) in [6.07, 6.45) is -0.902. The minimum atomic E-state index is -4.08. The van der Waals surface area contributed by atoms with E-state index in [1.807, 2.05) is 0 Å². The quantitative estimate of drug-likeness (QED) is 0.289. The largest absolute Gasteiger partial charge is 0.466 e. The average molecular weight is 445 g/mol. The van der Waals surface area contributed by atoms with Gasteiger partial charge in [0.1, 0.15) is 6.61 Å². The number of hydrogen-bond acceptors (Lipinski definition) is 8. The van der Waals surface area contributed by atoms with Gasteiger partial charge in [-0.05, 0) is 23.3 Å². The minimum absolute atomic E-state index is 0.0146. The lowest BCUT2D eigenvalue weighted by molar-refractivity contribution is -0.171. The SMILES string of the molecule is O=C(NCc1cccc(COC(=S)NCCS(=O)(=O)O)c1)ON1C(=O)CCC1=O. The molecule has 0 spiro atoms. The third-order valence-electron chi connectivity index (χ3n) is 3.61. The first-order chi connectivity index (χ1) is 13.6. The molecule has 29 heavy (non-hydrogen) atoms. The van der Waals surface area contributed by atoms with Crippen LogP contribution in [0, 0.1) is 0 Å². The van der Waals surface area contributed by atoms with Crippen molar-refractivity contribution in [3.8, 4) is 0 Å². The molecule has 0 aromatic heterocycles. The van der Waals surface area contributed by atoms with Crippen molar-refractivity contribution in [2.45, 2.75) is 26.0 Å². The molecule has 1 heterocycles. The van der Waals surface area contributed by atoms with Crippen LogP contribution >= 0.6 is 12.2 Å². The number of imide groups is 1. The Kier molecular flexibility index (Phi) is 7.87. The van der Waals surface area contributed by atoms with Crippen molar-refractivity contribution in [1.82, 2.24) is 15.7 Å². The summed E-state index contributed by atoms with van der Waals surface area (Å²) in [6.45, 7) is 0.0818. The van der Waals surface area contributed by atoms with Crippen LogP contribution in [-0.4, -0.2) is 53.4 Å². The summed E-state index contributed by atoms with van der Waals surface area (Å²) in [5.41, 5.74) is 1.42. The highest BCUT2D eigenvalue weighted by Crippen LogP contribution is 2.12. The van der Waals surface area contributed by atoms with E-state index in [0.29, 0.717) is 10.6 Å². The van der Waals surface area contributed by atoms with Gasteiger partial charge in [-0.3, -0.25) is 14.1 Å². The van der Waals surface area contributed by atoms with Crippen LogP contribution in [0.15, 0.2) is 24.3 Å². The number of hydroxylamine groups is 2. The molecule has 1 aromatic carbocycles. The second kappa shape index (κ2) is 10.1. The molecule has 0 aliphatic carbocycles. The second-order valence-electron chi connectivity index (χ2n) is 5.92. The summed E-state index contributed by atoms with van der Waals surface area (Å²) < 4.78 is 35.2. The predicted octanol–water partition coefficient (Wildman–Crippen LogP) is 0.256. The normalized spacial score (nSPS) is 13.9. The molecule has 1 aliphatic heterocycles. The fraction of sp³-hybridized carbons (Fsp3) is 0.375. The zero-order chi connectivity index (χ0) is 21.4. The van der Waals surface area contributed by atoms with Gasteiger partial charge in [0.15, 0.2) is 0 Å². The molecule has 1 saturated heterocycles. The predicted molar refractivity (Wildman–Crippen MR) is 103 cm³/mol. The van der Waals surface area contributed by atoms with E-state index in [-0.39, 0.29) is 37.7 Å². The van der Waals surface area contributed by atoms with Crippen molar-refractivity contribution in [3.63, 3.8) is 0 Å². The van der Waals surface area contributed by atoms with E-state index < -0.39 is 33.8 Å². The second-order valence-corrected chi connectivity index (χ2v) is 7.87. The lowest BCUT2D eigenvalue weighted by Crippen LogP contribution is -2.36. The standard InChI is InChI=1S/C16H19N3O8S2/c20-13-4-5-14(21)19(13)27-15(22)18-9-11-2-1-3-12(8-11)10-26-16(28)17-6-7-29(23,24)25/h1-3,8H,4-7,9-10H2,(H,17,28)(H,18,22)(H,23,24,25). The maximum Gasteiger partial charge on any atom is 0.432 e. The van der Waals surface area contributed by atoms with Crippen LogP contribution in [0.1, 0.15) is 24.0 Å². The Morgan fingerprint density at radius 3 is 2.48 bits per heavy atom. The molecular weight excluding hydrogens is 426 g/mol. The lowest BCUT2D eigenvalue weighted by atomic mass is 10.1. The van der Waals surface area contributed by atoms with Crippen LogP contribution in [0.25, 0.3) is 0 Å². The Morgan fingerprint density at radius 2 is 1.83 bits per heavy atom. The summed E-state index contributed by atoms with van der Waals surface area (Å²) in [4.78, 5) is 39.3. The van der Waals surface area contributed by atoms with Crippen molar-refractivity contribution < 1.29 is 36.9 Å². The van der Waals surface area contributed by atoms with Gasteiger partial charge in [-0.1, -0.05) is 24.3 Å². The monoisotopic (exact) mass is 445 g/mol. The number of rotatable bonds is 8. The van der Waals surface area contributed by atoms with Crippen molar-refractivity contribution in [1.29, 1.82) is 0 Å². The molecule has 1 fully saturated rings. The average Bonchev–Trinajstić information content (AvgIpc) is 2.96. The summed E-state index contributed by atoms with van der Waals surface area (Å²) >= 11 is 4.90. The molecule has 1 aliphatic rings. The number of nitrogens with zero attached hydrogens (tertiary/aromatic N) is 1. The highest BCUT2D eigenvalue weighted by molar-refractivity contribution is 7.85. The first-order valence-electron chi connectivity index (χ1n) is 8.39. The Labute approximate surface area is 172 Å². The van der Waals surface area contributed by atoms with Gasteiger partial charge in [-0.2, -0.15) is 8.42 Å². The Bertz CT molecular complexity index is 887. The molecular formula is C16H19N3O8S2. The fourth-order valence-electron chi connectivity index (χ4n) is 2.26. The van der Waals surface area contributed by atoms with Crippen LogP contribution in [0.4, 0.5) is 4.79 Å². The van der Waals surface area contributed by atoms with E-state index in [1.54, 1.807) is 24.3 Å². The number of ether oxygens (including phenoxy) is 1. The summed E-state index contributed by atoms with van der Waals surface area (Å²) in [7, 11) is -4.08. The first kappa shape index (κ1) is 22.5. The van der Waals surface area contributed by atoms with Gasteiger partial charge >= 0.3 is 6.09 Å². The first-order valence-corrected chi connectivity index (χ1v) is 10.4. The fourth-order valence-corrected chi connectivity index (χ4v) is 2.78. The molecule has 1 aromatic rings. The van der Waals surface area contributed by atoms with Gasteiger partial charge in [0.2, 0.25) is 0 Å². The number of hydrogen-bond donors (Lipinski definition) is 3. The summed E-state index contributed by atoms with van der Waals surface area (Å²) in [6, 6.07) is 6.94. The number of benzene rings is 1. The minimum Gasteiger partial charge on any atom is -0.466 e. The van der Waals surface area contributed by atoms with Crippen LogP contribution < -0.4 is 10.6 Å². The van der Waals surface area contributed by atoms with Crippen molar-refractivity contribution in [3.05, 3.63) is 35.4 Å². The molecule has 3 amide bonds. The van der Waals surface area contributed by atoms with E-state index in [2.05, 4.69) is 10.6 Å². The molecule has 3 N–H and O–H groups in total. The van der Waals surface area contributed by atoms with Crippen molar-refractivity contribution in [2.75, 3.05) is 12.3 Å². The van der Waals surface area contributed by atoms with Crippen LogP contribution in [0.5, 0.6) is 0 Å². The van der Waals surface area contributed by atoms with E-state index in [4.69, 9.17) is 26.3 Å². The highest BCUT2D eigenvalue weighted by Gasteiger charge is 2.32. The zero-order valence-electron chi connectivity index (χ0n) is 15.1. The van der Waals surface area contributed by atoms with Crippen LogP contribution in [-0.2, 0) is 42.4 Å². The molecule has 0 atom stereocenters. The lowest BCUT2D eigenvalue weighted by Gasteiger charge is -2.13. The third kappa shape index (κ3) is 8.01. The molecule has 11 nitrogen and oxygen atoms in total. The molecule has 0 unspecified atom stereocenters. The highest BCUT2D eigenvalue weighted by atomic mass is 32.2. The third-order valence-corrected chi connectivity index (χ3v) is 4.59. The molecule has 0 bridgehead atoms. The number of carbonyl (C=O) groups is 3. The number of carbonyl (C=O) groups excluding carboxylic acids is 3. The molecule has 0 radical (unpaired) electrons. The van der Waals surface area contributed by atoms with E-state index in [0.717, 1.165) is 5.56 Å². The smallest absolute Gasteiger partial charge is 0.432 e. The van der Waals surface area contributed by atoms with Crippen molar-refractivity contribution in [2.24, 2.45) is 0 Å². The summed E-state index contributed by atoms with van der Waals surface area (Å²) in [5.74, 6) is -1.63. The van der Waals surface area contributed by atoms with E-state index in [1.165, 1.54) is 0 Å². The van der Waals surface area contributed by atoms with Gasteiger partial charge in [0.05, 0.1) is 5.75 Å². The van der Waals surface area contributed by atoms with E-state index >= 15 is 0 Å². The maximum atomic E-state index is 11.7. The van der Waals surface area contributed by atoms with E-state index in [9.17, 15) is 22.8 Å². The molecule has 2 rings (SSSR count). The molecule has 0 saturated carbocycles. The molecule has 13 heteroatoms. The maximum absolute atomic E-state index is 11.7. The topological polar surface area (TPSA) is 151 Å². The van der Waals surface area contributed by atoms with Gasteiger partial charge < -0.3 is 20.2 Å². The van der Waals surface area contributed by atoms with Crippen LogP contribution in [0.2, 0.25) is 0 Å². The van der Waals surface area contributed by atoms with Gasteiger partial charge in [-0.15, -0.1) is 5.06 Å².